The van der Waals surface area contributed by atoms with Crippen LogP contribution in [0.2, 0.25) is 0 Å². The average Bonchev–Trinajstić information content (AvgIpc) is 3.04. The number of ether oxygens (including phenoxy) is 3. The summed E-state index contributed by atoms with van der Waals surface area (Å²) in [5.74, 6) is -3.44. The predicted octanol–water partition coefficient (Wildman–Crippen LogP) is 5.50. The fourth-order valence-electron chi connectivity index (χ4n) is 4.34. The molecule has 0 bridgehead atoms. The lowest BCUT2D eigenvalue weighted by molar-refractivity contribution is -0.146. The second-order valence-electron chi connectivity index (χ2n) is 9.18. The lowest BCUT2D eigenvalue weighted by Gasteiger charge is -2.35. The molecule has 0 aromatic heterocycles. The number of Topliss-reactive ketones (excluding diaryl/α,β-unsaturated/α-hetero) is 1. The highest BCUT2D eigenvalue weighted by Gasteiger charge is 2.46. The van der Waals surface area contributed by atoms with Crippen molar-refractivity contribution in [1.29, 1.82) is 0 Å². The highest BCUT2D eigenvalue weighted by Crippen LogP contribution is 2.33. The minimum Gasteiger partial charge on any atom is -0.466 e. The zero-order valence-corrected chi connectivity index (χ0v) is 22.6. The molecule has 7 nitrogen and oxygen atoms in total. The standard InChI is InChI=1S/C33H26O7S/c34-29(24-15-7-2-8-16-24)27-21-28(32(36)38-22-23-13-5-1-6-14-23)39-33(41(37)26-19-11-4-12-20-26)30(27)40-31(35)25-17-9-3-10-18-25/h1-21,27,30,33H,22H2/t27-,30+,33-,41?/m1/s1. The number of carbonyl (C=O) groups excluding carboxylic acids is 3. The first-order chi connectivity index (χ1) is 20.0. The molecule has 0 spiro atoms. The Hall–Kier alpha value is -4.82. The van der Waals surface area contributed by atoms with Crippen LogP contribution < -0.4 is 0 Å². The van der Waals surface area contributed by atoms with E-state index in [1.165, 1.54) is 6.08 Å². The highest BCUT2D eigenvalue weighted by molar-refractivity contribution is 7.85. The third-order valence-corrected chi connectivity index (χ3v) is 7.93. The van der Waals surface area contributed by atoms with Crippen molar-refractivity contribution in [2.24, 2.45) is 5.92 Å². The first-order valence-electron chi connectivity index (χ1n) is 12.9. The Morgan fingerprint density at radius 3 is 1.83 bits per heavy atom. The van der Waals surface area contributed by atoms with Gasteiger partial charge in [0.05, 0.1) is 22.3 Å². The third-order valence-electron chi connectivity index (χ3n) is 6.41. The Bertz CT molecular complexity index is 1550. The van der Waals surface area contributed by atoms with E-state index in [1.54, 1.807) is 103 Å². The summed E-state index contributed by atoms with van der Waals surface area (Å²) >= 11 is 0. The Labute approximate surface area is 239 Å². The monoisotopic (exact) mass is 566 g/mol. The van der Waals surface area contributed by atoms with Gasteiger partial charge in [0.25, 0.3) is 0 Å². The number of hydrogen-bond acceptors (Lipinski definition) is 7. The van der Waals surface area contributed by atoms with Crippen molar-refractivity contribution >= 4 is 28.5 Å². The number of ketones is 1. The highest BCUT2D eigenvalue weighted by atomic mass is 32.2. The van der Waals surface area contributed by atoms with E-state index in [0.29, 0.717) is 10.5 Å². The second-order valence-corrected chi connectivity index (χ2v) is 10.7. The fraction of sp³-hybridized carbons (Fsp3) is 0.121. The largest absolute Gasteiger partial charge is 0.466 e. The van der Waals surface area contributed by atoms with Gasteiger partial charge in [-0.15, -0.1) is 0 Å². The molecular formula is C33H26O7S. The molecule has 0 amide bonds. The Morgan fingerprint density at radius 1 is 0.683 bits per heavy atom. The Morgan fingerprint density at radius 2 is 1.22 bits per heavy atom. The zero-order chi connectivity index (χ0) is 28.6. The fourth-order valence-corrected chi connectivity index (χ4v) is 5.69. The first-order valence-corrected chi connectivity index (χ1v) is 14.1. The minimum atomic E-state index is -1.94. The van der Waals surface area contributed by atoms with E-state index in [0.717, 1.165) is 5.56 Å². The Balaban J connectivity index is 1.53. The van der Waals surface area contributed by atoms with Crippen molar-refractivity contribution in [3.8, 4) is 0 Å². The number of carbonyl (C=O) groups is 3. The van der Waals surface area contributed by atoms with E-state index in [2.05, 4.69) is 0 Å². The van der Waals surface area contributed by atoms with Gasteiger partial charge >= 0.3 is 11.9 Å². The van der Waals surface area contributed by atoms with Crippen molar-refractivity contribution in [3.05, 3.63) is 150 Å². The summed E-state index contributed by atoms with van der Waals surface area (Å²) in [6.45, 7) is -0.0312. The van der Waals surface area contributed by atoms with Crippen LogP contribution in [0.15, 0.2) is 138 Å². The molecule has 206 valence electrons. The molecule has 1 aliphatic rings. The molecule has 0 aliphatic carbocycles. The van der Waals surface area contributed by atoms with Crippen LogP contribution in [0.1, 0.15) is 26.3 Å². The summed E-state index contributed by atoms with van der Waals surface area (Å²) in [5.41, 5.74) is -0.0439. The summed E-state index contributed by atoms with van der Waals surface area (Å²) in [6, 6.07) is 34.2. The molecule has 0 radical (unpaired) electrons. The molecular weight excluding hydrogens is 540 g/mol. The van der Waals surface area contributed by atoms with Gasteiger partial charge < -0.3 is 14.2 Å². The zero-order valence-electron chi connectivity index (χ0n) is 21.8. The molecule has 0 saturated carbocycles. The molecule has 4 aromatic rings. The molecule has 4 aromatic carbocycles. The summed E-state index contributed by atoms with van der Waals surface area (Å²) in [5, 5.41) is 0. The quantitative estimate of drug-likeness (QED) is 0.195. The maximum atomic E-state index is 13.9. The average molecular weight is 567 g/mol. The lowest BCUT2D eigenvalue weighted by Crippen LogP contribution is -2.47. The summed E-state index contributed by atoms with van der Waals surface area (Å²) in [7, 11) is -1.94. The van der Waals surface area contributed by atoms with Gasteiger partial charge in [0.1, 0.15) is 6.61 Å². The van der Waals surface area contributed by atoms with Crippen LogP contribution in [-0.4, -0.2) is 33.5 Å². The van der Waals surface area contributed by atoms with E-state index < -0.39 is 46.0 Å². The van der Waals surface area contributed by atoms with Gasteiger partial charge in [-0.1, -0.05) is 97.1 Å². The normalized spacial score (nSPS) is 18.7. The maximum Gasteiger partial charge on any atom is 0.373 e. The van der Waals surface area contributed by atoms with Gasteiger partial charge in [-0.3, -0.25) is 9.00 Å². The van der Waals surface area contributed by atoms with Crippen LogP contribution in [0.5, 0.6) is 0 Å². The van der Waals surface area contributed by atoms with Crippen molar-refractivity contribution < 1.29 is 32.8 Å². The van der Waals surface area contributed by atoms with Gasteiger partial charge in [0.15, 0.2) is 11.9 Å². The summed E-state index contributed by atoms with van der Waals surface area (Å²) < 4.78 is 31.2. The molecule has 0 saturated heterocycles. The first kappa shape index (κ1) is 27.7. The predicted molar refractivity (Wildman–Crippen MR) is 152 cm³/mol. The molecule has 8 heteroatoms. The molecule has 1 unspecified atom stereocenters. The number of benzene rings is 4. The van der Waals surface area contributed by atoms with Crippen LogP contribution in [-0.2, 0) is 36.4 Å². The SMILES string of the molecule is O=C(OCc1ccccc1)C1=C[C@H](C(=O)c2ccccc2)[C@H](OC(=O)c2ccccc2)[C@@H](S(=O)c2ccccc2)O1. The number of esters is 2. The van der Waals surface area contributed by atoms with Gasteiger partial charge in [-0.25, -0.2) is 9.59 Å². The van der Waals surface area contributed by atoms with E-state index in [1.807, 2.05) is 18.2 Å². The molecule has 1 aliphatic heterocycles. The van der Waals surface area contributed by atoms with Crippen molar-refractivity contribution in [2.45, 2.75) is 23.0 Å². The van der Waals surface area contributed by atoms with Gasteiger partial charge in [-0.2, -0.15) is 0 Å². The molecule has 4 atom stereocenters. The van der Waals surface area contributed by atoms with Crippen molar-refractivity contribution in [2.75, 3.05) is 0 Å². The van der Waals surface area contributed by atoms with Crippen molar-refractivity contribution in [1.82, 2.24) is 0 Å². The Kier molecular flexibility index (Phi) is 8.81. The van der Waals surface area contributed by atoms with Crippen LogP contribution >= 0.6 is 0 Å². The van der Waals surface area contributed by atoms with Gasteiger partial charge in [0.2, 0.25) is 11.2 Å². The third kappa shape index (κ3) is 6.67. The maximum absolute atomic E-state index is 13.9. The topological polar surface area (TPSA) is 96.0 Å². The van der Waals surface area contributed by atoms with Crippen molar-refractivity contribution in [3.63, 3.8) is 0 Å². The summed E-state index contributed by atoms with van der Waals surface area (Å²) in [4.78, 5) is 40.6. The van der Waals surface area contributed by atoms with Gasteiger partial charge in [0, 0.05) is 10.5 Å². The van der Waals surface area contributed by atoms with E-state index in [-0.39, 0.29) is 17.9 Å². The molecule has 1 heterocycles. The molecule has 41 heavy (non-hydrogen) atoms. The second kappa shape index (κ2) is 13.0. The van der Waals surface area contributed by atoms with Crippen LogP contribution in [0, 0.1) is 5.92 Å². The molecule has 0 N–H and O–H groups in total. The van der Waals surface area contributed by atoms with Crippen LogP contribution in [0.4, 0.5) is 0 Å². The van der Waals surface area contributed by atoms with Crippen LogP contribution in [0.25, 0.3) is 0 Å². The minimum absolute atomic E-state index is 0.0312. The molecule has 5 rings (SSSR count). The van der Waals surface area contributed by atoms with Gasteiger partial charge in [-0.05, 0) is 35.9 Å². The van der Waals surface area contributed by atoms with E-state index in [4.69, 9.17) is 14.2 Å². The lowest BCUT2D eigenvalue weighted by atomic mass is 9.90. The number of rotatable bonds is 9. The number of hydrogen-bond donors (Lipinski definition) is 0. The van der Waals surface area contributed by atoms with E-state index >= 15 is 0 Å². The molecule has 0 fully saturated rings. The summed E-state index contributed by atoms with van der Waals surface area (Å²) in [6.07, 6.45) is -0.0216. The van der Waals surface area contributed by atoms with E-state index in [9.17, 15) is 18.6 Å². The van der Waals surface area contributed by atoms with Crippen LogP contribution in [0.3, 0.4) is 0 Å². The smallest absolute Gasteiger partial charge is 0.373 e.